The van der Waals surface area contributed by atoms with Crippen molar-refractivity contribution in [3.63, 3.8) is 0 Å². The Morgan fingerprint density at radius 3 is 2.42 bits per heavy atom. The maximum atomic E-state index is 12.7. The number of carbonyl (C=O) groups excluding carboxylic acids is 1. The molecule has 0 aliphatic carbocycles. The van der Waals surface area contributed by atoms with Gasteiger partial charge < -0.3 is 5.32 Å². The molecule has 1 heterocycles. The number of hydrogen-bond donors (Lipinski definition) is 1. The number of rotatable bonds is 4. The Morgan fingerprint density at radius 2 is 1.81 bits per heavy atom. The molecule has 0 radical (unpaired) electrons. The largest absolute Gasteiger partial charge is 0.322 e. The number of benzene rings is 2. The number of halogens is 1. The van der Waals surface area contributed by atoms with Gasteiger partial charge in [-0.2, -0.15) is 0 Å². The van der Waals surface area contributed by atoms with Gasteiger partial charge in [0.05, 0.1) is 21.7 Å². The molecule has 3 rings (SSSR count). The highest BCUT2D eigenvalue weighted by molar-refractivity contribution is 9.10. The summed E-state index contributed by atoms with van der Waals surface area (Å²) in [5, 5.41) is 1.74. The van der Waals surface area contributed by atoms with Crippen molar-refractivity contribution in [1.29, 1.82) is 0 Å². The first-order valence-corrected chi connectivity index (χ1v) is 11.9. The Balaban J connectivity index is 1.83. The summed E-state index contributed by atoms with van der Waals surface area (Å²) in [6.45, 7) is 0. The predicted molar refractivity (Wildman–Crippen MR) is 103 cm³/mol. The molecule has 138 valence electrons. The van der Waals surface area contributed by atoms with Gasteiger partial charge in [-0.1, -0.05) is 22.0 Å². The van der Waals surface area contributed by atoms with E-state index in [9.17, 15) is 21.6 Å². The molecule has 1 atom stereocenters. The van der Waals surface area contributed by atoms with Crippen LogP contribution in [0.25, 0.3) is 0 Å². The highest BCUT2D eigenvalue weighted by Gasteiger charge is 2.38. The third kappa shape index (κ3) is 4.16. The summed E-state index contributed by atoms with van der Waals surface area (Å²) in [6, 6.07) is 12.6. The monoisotopic (exact) mass is 457 g/mol. The molecule has 9 heteroatoms. The first-order valence-electron chi connectivity index (χ1n) is 7.79. The van der Waals surface area contributed by atoms with Crippen LogP contribution < -0.4 is 5.32 Å². The van der Waals surface area contributed by atoms with E-state index in [1.54, 1.807) is 24.3 Å². The second-order valence-corrected chi connectivity index (χ2v) is 11.4. The van der Waals surface area contributed by atoms with Crippen molar-refractivity contribution in [2.24, 2.45) is 0 Å². The Hall–Kier alpha value is -1.71. The van der Waals surface area contributed by atoms with E-state index in [0.717, 1.165) is 4.47 Å². The normalized spacial score (nSPS) is 19.2. The van der Waals surface area contributed by atoms with E-state index in [1.165, 1.54) is 24.3 Å². The van der Waals surface area contributed by atoms with E-state index in [2.05, 4.69) is 21.2 Å². The van der Waals surface area contributed by atoms with Crippen LogP contribution in [0.5, 0.6) is 0 Å². The van der Waals surface area contributed by atoms with Crippen molar-refractivity contribution in [3.8, 4) is 0 Å². The van der Waals surface area contributed by atoms with Crippen molar-refractivity contribution in [3.05, 3.63) is 58.6 Å². The molecule has 1 unspecified atom stereocenters. The average molecular weight is 458 g/mol. The maximum Gasteiger partial charge on any atom is 0.255 e. The molecule has 0 saturated carbocycles. The number of amides is 1. The molecule has 1 saturated heterocycles. The lowest BCUT2D eigenvalue weighted by Crippen LogP contribution is -2.23. The average Bonchev–Trinajstić information content (AvgIpc) is 2.98. The number of hydrogen-bond acceptors (Lipinski definition) is 5. The Labute approximate surface area is 160 Å². The topological polar surface area (TPSA) is 97.4 Å². The van der Waals surface area contributed by atoms with Crippen molar-refractivity contribution >= 4 is 47.2 Å². The molecular weight excluding hydrogens is 442 g/mol. The van der Waals surface area contributed by atoms with Crippen LogP contribution in [-0.4, -0.2) is 39.5 Å². The Morgan fingerprint density at radius 1 is 1.12 bits per heavy atom. The van der Waals surface area contributed by atoms with Crippen LogP contribution in [0.1, 0.15) is 16.8 Å². The van der Waals surface area contributed by atoms with Crippen LogP contribution in [0.3, 0.4) is 0 Å². The van der Waals surface area contributed by atoms with Crippen LogP contribution in [0.15, 0.2) is 57.9 Å². The summed E-state index contributed by atoms with van der Waals surface area (Å²) in [4.78, 5) is 12.4. The summed E-state index contributed by atoms with van der Waals surface area (Å²) >= 11 is 3.31. The molecule has 2 aromatic carbocycles. The zero-order valence-corrected chi connectivity index (χ0v) is 16.8. The summed E-state index contributed by atoms with van der Waals surface area (Å²) < 4.78 is 49.4. The first kappa shape index (κ1) is 19.1. The molecule has 6 nitrogen and oxygen atoms in total. The number of nitrogens with one attached hydrogen (secondary N) is 1. The highest BCUT2D eigenvalue weighted by Crippen LogP contribution is 2.26. The van der Waals surface area contributed by atoms with E-state index in [4.69, 9.17) is 0 Å². The molecule has 1 amide bonds. The highest BCUT2D eigenvalue weighted by atomic mass is 79.9. The summed E-state index contributed by atoms with van der Waals surface area (Å²) in [5.41, 5.74) is 0.767. The molecule has 1 N–H and O–H groups in total. The predicted octanol–water partition coefficient (Wildman–Crippen LogP) is 2.66. The molecule has 0 spiro atoms. The molecule has 0 aromatic heterocycles. The molecule has 1 aliphatic rings. The summed E-state index contributed by atoms with van der Waals surface area (Å²) in [5.74, 6) is -0.936. The van der Waals surface area contributed by atoms with Gasteiger partial charge in [-0.3, -0.25) is 4.79 Å². The van der Waals surface area contributed by atoms with Crippen molar-refractivity contribution in [1.82, 2.24) is 0 Å². The van der Waals surface area contributed by atoms with Crippen LogP contribution >= 0.6 is 15.9 Å². The van der Waals surface area contributed by atoms with Crippen molar-refractivity contribution < 1.29 is 21.6 Å². The fourth-order valence-corrected chi connectivity index (χ4v) is 7.42. The molecule has 2 aromatic rings. The van der Waals surface area contributed by atoms with E-state index in [-0.39, 0.29) is 28.4 Å². The second-order valence-electron chi connectivity index (χ2n) is 6.06. The van der Waals surface area contributed by atoms with Gasteiger partial charge in [0, 0.05) is 15.7 Å². The van der Waals surface area contributed by atoms with Gasteiger partial charge in [0.15, 0.2) is 19.7 Å². The maximum absolute atomic E-state index is 12.7. The molecule has 1 aliphatic heterocycles. The third-order valence-electron chi connectivity index (χ3n) is 4.16. The van der Waals surface area contributed by atoms with E-state index in [0.29, 0.717) is 5.69 Å². The van der Waals surface area contributed by atoms with Crippen molar-refractivity contribution in [2.45, 2.75) is 16.6 Å². The SMILES string of the molecule is O=C(Nc1ccc(Br)cc1)c1cccc(S(=O)(=O)C2CCS(=O)(=O)C2)c1. The van der Waals surface area contributed by atoms with E-state index >= 15 is 0 Å². The minimum atomic E-state index is -3.81. The van der Waals surface area contributed by atoms with Crippen LogP contribution in [-0.2, 0) is 19.7 Å². The van der Waals surface area contributed by atoms with Gasteiger partial charge in [0.1, 0.15) is 0 Å². The molecule has 26 heavy (non-hydrogen) atoms. The lowest BCUT2D eigenvalue weighted by Gasteiger charge is -2.11. The Bertz CT molecular complexity index is 1050. The van der Waals surface area contributed by atoms with Gasteiger partial charge in [-0.15, -0.1) is 0 Å². The number of anilines is 1. The lowest BCUT2D eigenvalue weighted by atomic mass is 10.2. The quantitative estimate of drug-likeness (QED) is 0.760. The summed E-state index contributed by atoms with van der Waals surface area (Å²) in [7, 11) is -7.13. The molecular formula is C17H16BrNO5S2. The van der Waals surface area contributed by atoms with Gasteiger partial charge >= 0.3 is 0 Å². The van der Waals surface area contributed by atoms with Gasteiger partial charge in [-0.25, -0.2) is 16.8 Å². The van der Waals surface area contributed by atoms with Crippen LogP contribution in [0.4, 0.5) is 5.69 Å². The fourth-order valence-electron chi connectivity index (χ4n) is 2.75. The zero-order valence-electron chi connectivity index (χ0n) is 13.6. The first-order chi connectivity index (χ1) is 12.2. The fraction of sp³-hybridized carbons (Fsp3) is 0.235. The number of sulfone groups is 2. The van der Waals surface area contributed by atoms with Crippen LogP contribution in [0, 0.1) is 0 Å². The van der Waals surface area contributed by atoms with Gasteiger partial charge in [-0.05, 0) is 48.9 Å². The third-order valence-corrected chi connectivity index (χ3v) is 8.85. The molecule has 1 fully saturated rings. The molecule has 0 bridgehead atoms. The lowest BCUT2D eigenvalue weighted by molar-refractivity contribution is 0.102. The van der Waals surface area contributed by atoms with Gasteiger partial charge in [0.25, 0.3) is 5.91 Å². The standard InChI is InChI=1S/C17H16BrNO5S2/c18-13-4-6-14(7-5-13)19-17(20)12-2-1-3-15(10-12)26(23,24)16-8-9-25(21,22)11-16/h1-7,10,16H,8-9,11H2,(H,19,20). The minimum absolute atomic E-state index is 0.0388. The van der Waals surface area contributed by atoms with Crippen LogP contribution in [0.2, 0.25) is 0 Å². The number of carbonyl (C=O) groups is 1. The zero-order chi connectivity index (χ0) is 18.9. The van der Waals surface area contributed by atoms with E-state index in [1.807, 2.05) is 0 Å². The van der Waals surface area contributed by atoms with Gasteiger partial charge in [0.2, 0.25) is 0 Å². The smallest absolute Gasteiger partial charge is 0.255 e. The summed E-state index contributed by atoms with van der Waals surface area (Å²) in [6.07, 6.45) is 0.0833. The Kier molecular flexibility index (Phi) is 5.23. The second kappa shape index (κ2) is 7.13. The minimum Gasteiger partial charge on any atom is -0.322 e. The van der Waals surface area contributed by atoms with Crippen molar-refractivity contribution in [2.75, 3.05) is 16.8 Å². The van der Waals surface area contributed by atoms with E-state index < -0.39 is 30.8 Å².